The van der Waals surface area contributed by atoms with Crippen molar-refractivity contribution in [2.45, 2.75) is 45.2 Å². The van der Waals surface area contributed by atoms with Crippen LogP contribution in [0, 0.1) is 12.8 Å². The van der Waals surface area contributed by atoms with Crippen LogP contribution in [0.1, 0.15) is 31.2 Å². The molecule has 2 atom stereocenters. The maximum atomic E-state index is 12.6. The predicted octanol–water partition coefficient (Wildman–Crippen LogP) is 1.61. The molecule has 2 aliphatic heterocycles. The lowest BCUT2D eigenvalue weighted by molar-refractivity contribution is -0.139. The average Bonchev–Trinajstić information content (AvgIpc) is 3.10. The van der Waals surface area contributed by atoms with E-state index in [1.54, 1.807) is 0 Å². The standard InChI is InChI=1S/C15H23N3O2/c1-12-8-16-17(9-12)10-14-4-2-3-6-18(14)15(19)13-5-7-20-11-13/h8-9,13-14H,2-7,10-11H2,1H3. The van der Waals surface area contributed by atoms with Crippen molar-refractivity contribution >= 4 is 5.91 Å². The van der Waals surface area contributed by atoms with Gasteiger partial charge in [0.1, 0.15) is 0 Å². The number of hydrogen-bond donors (Lipinski definition) is 0. The number of nitrogens with zero attached hydrogens (tertiary/aromatic N) is 3. The highest BCUT2D eigenvalue weighted by Crippen LogP contribution is 2.24. The molecule has 1 aromatic rings. The van der Waals surface area contributed by atoms with Crippen molar-refractivity contribution in [1.29, 1.82) is 0 Å². The molecular formula is C15H23N3O2. The van der Waals surface area contributed by atoms with Gasteiger partial charge in [0, 0.05) is 19.3 Å². The second-order valence-electron chi connectivity index (χ2n) is 5.98. The number of amides is 1. The average molecular weight is 277 g/mol. The number of ether oxygens (including phenoxy) is 1. The molecule has 1 amide bonds. The molecule has 5 nitrogen and oxygen atoms in total. The van der Waals surface area contributed by atoms with Crippen LogP contribution in [0.5, 0.6) is 0 Å². The van der Waals surface area contributed by atoms with Crippen molar-refractivity contribution in [2.24, 2.45) is 5.92 Å². The molecule has 0 bridgehead atoms. The van der Waals surface area contributed by atoms with E-state index in [-0.39, 0.29) is 17.9 Å². The number of hydrogen-bond acceptors (Lipinski definition) is 3. The summed E-state index contributed by atoms with van der Waals surface area (Å²) in [5.74, 6) is 0.367. The van der Waals surface area contributed by atoms with Gasteiger partial charge in [0.2, 0.25) is 5.91 Å². The van der Waals surface area contributed by atoms with Gasteiger partial charge in [-0.25, -0.2) is 0 Å². The molecule has 2 aliphatic rings. The second kappa shape index (κ2) is 5.95. The van der Waals surface area contributed by atoms with Crippen LogP contribution in [0.15, 0.2) is 12.4 Å². The lowest BCUT2D eigenvalue weighted by Gasteiger charge is -2.37. The fourth-order valence-corrected chi connectivity index (χ4v) is 3.23. The number of piperidine rings is 1. The van der Waals surface area contributed by atoms with E-state index in [0.717, 1.165) is 39.0 Å². The first kappa shape index (κ1) is 13.6. The Morgan fingerprint density at radius 3 is 3.05 bits per heavy atom. The van der Waals surface area contributed by atoms with Crippen LogP contribution in [0.3, 0.4) is 0 Å². The van der Waals surface area contributed by atoms with Gasteiger partial charge >= 0.3 is 0 Å². The van der Waals surface area contributed by atoms with Crippen LogP contribution in [-0.2, 0) is 16.1 Å². The minimum Gasteiger partial charge on any atom is -0.381 e. The molecule has 20 heavy (non-hydrogen) atoms. The van der Waals surface area contributed by atoms with Gasteiger partial charge in [-0.3, -0.25) is 9.48 Å². The summed E-state index contributed by atoms with van der Waals surface area (Å²) >= 11 is 0. The Balaban J connectivity index is 1.68. The number of likely N-dealkylation sites (tertiary alicyclic amines) is 1. The van der Waals surface area contributed by atoms with E-state index in [1.807, 2.05) is 17.8 Å². The van der Waals surface area contributed by atoms with Gasteiger partial charge < -0.3 is 9.64 Å². The van der Waals surface area contributed by atoms with Gasteiger partial charge in [0.05, 0.1) is 31.3 Å². The molecule has 5 heteroatoms. The SMILES string of the molecule is Cc1cnn(CC2CCCCN2C(=O)C2CCOC2)c1. The van der Waals surface area contributed by atoms with Crippen molar-refractivity contribution < 1.29 is 9.53 Å². The quantitative estimate of drug-likeness (QED) is 0.843. The number of aromatic nitrogens is 2. The van der Waals surface area contributed by atoms with Gasteiger partial charge in [-0.05, 0) is 38.2 Å². The summed E-state index contributed by atoms with van der Waals surface area (Å²) in [6.45, 7) is 5.08. The van der Waals surface area contributed by atoms with Gasteiger partial charge in [-0.2, -0.15) is 5.10 Å². The zero-order valence-electron chi connectivity index (χ0n) is 12.1. The Hall–Kier alpha value is -1.36. The molecule has 0 aromatic carbocycles. The molecule has 2 saturated heterocycles. The molecule has 0 saturated carbocycles. The highest BCUT2D eigenvalue weighted by molar-refractivity contribution is 5.79. The number of carbonyl (C=O) groups excluding carboxylic acids is 1. The molecule has 3 rings (SSSR count). The number of rotatable bonds is 3. The zero-order valence-corrected chi connectivity index (χ0v) is 12.1. The summed E-state index contributed by atoms with van der Waals surface area (Å²) in [6, 6.07) is 0.288. The maximum absolute atomic E-state index is 12.6. The highest BCUT2D eigenvalue weighted by atomic mass is 16.5. The third-order valence-corrected chi connectivity index (χ3v) is 4.35. The number of carbonyl (C=O) groups is 1. The van der Waals surface area contributed by atoms with Crippen molar-refractivity contribution in [2.75, 3.05) is 19.8 Å². The van der Waals surface area contributed by atoms with E-state index >= 15 is 0 Å². The Bertz CT molecular complexity index is 465. The minimum atomic E-state index is 0.0787. The van der Waals surface area contributed by atoms with Crippen molar-refractivity contribution in [3.05, 3.63) is 18.0 Å². The Kier molecular flexibility index (Phi) is 4.05. The van der Waals surface area contributed by atoms with E-state index in [0.29, 0.717) is 6.61 Å². The fourth-order valence-electron chi connectivity index (χ4n) is 3.23. The topological polar surface area (TPSA) is 47.4 Å². The lowest BCUT2D eigenvalue weighted by Crippen LogP contribution is -2.48. The first-order valence-electron chi connectivity index (χ1n) is 7.61. The highest BCUT2D eigenvalue weighted by Gasteiger charge is 2.33. The van der Waals surface area contributed by atoms with Gasteiger partial charge in [-0.15, -0.1) is 0 Å². The summed E-state index contributed by atoms with van der Waals surface area (Å²) in [7, 11) is 0. The third-order valence-electron chi connectivity index (χ3n) is 4.35. The first-order valence-corrected chi connectivity index (χ1v) is 7.61. The molecule has 0 radical (unpaired) electrons. The van der Waals surface area contributed by atoms with Crippen LogP contribution in [0.2, 0.25) is 0 Å². The molecule has 1 aromatic heterocycles. The van der Waals surface area contributed by atoms with Crippen molar-refractivity contribution in [3.8, 4) is 0 Å². The Morgan fingerprint density at radius 2 is 2.35 bits per heavy atom. The summed E-state index contributed by atoms with van der Waals surface area (Å²) in [4.78, 5) is 14.7. The fraction of sp³-hybridized carbons (Fsp3) is 0.733. The van der Waals surface area contributed by atoms with E-state index in [9.17, 15) is 4.79 Å². The first-order chi connectivity index (χ1) is 9.74. The summed E-state index contributed by atoms with van der Waals surface area (Å²) in [5, 5.41) is 4.36. The Morgan fingerprint density at radius 1 is 1.45 bits per heavy atom. The van der Waals surface area contributed by atoms with Gasteiger partial charge in [0.15, 0.2) is 0 Å². The molecule has 0 spiro atoms. The predicted molar refractivity (Wildman–Crippen MR) is 75.2 cm³/mol. The van der Waals surface area contributed by atoms with Crippen LogP contribution >= 0.6 is 0 Å². The van der Waals surface area contributed by atoms with E-state index < -0.39 is 0 Å². The van der Waals surface area contributed by atoms with Gasteiger partial charge in [0.25, 0.3) is 0 Å². The molecular weight excluding hydrogens is 254 g/mol. The maximum Gasteiger partial charge on any atom is 0.228 e. The largest absolute Gasteiger partial charge is 0.381 e. The van der Waals surface area contributed by atoms with E-state index in [2.05, 4.69) is 16.2 Å². The number of aryl methyl sites for hydroxylation is 1. The normalized spacial score (nSPS) is 26.9. The molecule has 110 valence electrons. The van der Waals surface area contributed by atoms with E-state index in [4.69, 9.17) is 4.74 Å². The van der Waals surface area contributed by atoms with Gasteiger partial charge in [-0.1, -0.05) is 0 Å². The smallest absolute Gasteiger partial charge is 0.228 e. The summed E-state index contributed by atoms with van der Waals surface area (Å²) < 4.78 is 7.33. The Labute approximate surface area is 119 Å². The van der Waals surface area contributed by atoms with Crippen LogP contribution in [0.25, 0.3) is 0 Å². The van der Waals surface area contributed by atoms with Crippen LogP contribution in [-0.4, -0.2) is 46.4 Å². The minimum absolute atomic E-state index is 0.0787. The summed E-state index contributed by atoms with van der Waals surface area (Å²) in [5.41, 5.74) is 1.17. The third kappa shape index (κ3) is 2.87. The summed E-state index contributed by atoms with van der Waals surface area (Å²) in [6.07, 6.45) is 8.21. The van der Waals surface area contributed by atoms with Crippen LogP contribution < -0.4 is 0 Å². The lowest BCUT2D eigenvalue weighted by atomic mass is 9.98. The molecule has 0 aliphatic carbocycles. The zero-order chi connectivity index (χ0) is 13.9. The molecule has 2 fully saturated rings. The van der Waals surface area contributed by atoms with E-state index in [1.165, 1.54) is 12.0 Å². The molecule has 3 heterocycles. The van der Waals surface area contributed by atoms with Crippen LogP contribution in [0.4, 0.5) is 0 Å². The second-order valence-corrected chi connectivity index (χ2v) is 5.98. The molecule has 0 N–H and O–H groups in total. The molecule has 2 unspecified atom stereocenters. The van der Waals surface area contributed by atoms with Crippen molar-refractivity contribution in [1.82, 2.24) is 14.7 Å². The van der Waals surface area contributed by atoms with Crippen molar-refractivity contribution in [3.63, 3.8) is 0 Å². The monoisotopic (exact) mass is 277 g/mol.